The average Bonchev–Trinajstić information content (AvgIpc) is 2.59. The zero-order chi connectivity index (χ0) is 19.7. The van der Waals surface area contributed by atoms with Gasteiger partial charge in [0.1, 0.15) is 11.6 Å². The minimum atomic E-state index is -0.652. The highest BCUT2D eigenvalue weighted by molar-refractivity contribution is 6.40. The molecular weight excluding hydrogens is 401 g/mol. The molecule has 1 heterocycles. The van der Waals surface area contributed by atoms with Crippen LogP contribution in [0.3, 0.4) is 0 Å². The molecule has 0 saturated carbocycles. The van der Waals surface area contributed by atoms with Crippen LogP contribution >= 0.6 is 23.2 Å². The molecule has 1 amide bonds. The first-order valence-electron chi connectivity index (χ1n) is 8.14. The molecule has 1 saturated heterocycles. The van der Waals surface area contributed by atoms with Crippen LogP contribution in [-0.4, -0.2) is 17.4 Å². The minimum absolute atomic E-state index is 0.00355. The van der Waals surface area contributed by atoms with Crippen molar-refractivity contribution in [3.8, 4) is 0 Å². The van der Waals surface area contributed by atoms with Gasteiger partial charge in [-0.05, 0) is 30.4 Å². The first kappa shape index (κ1) is 19.5. The molecule has 27 heavy (non-hydrogen) atoms. The van der Waals surface area contributed by atoms with Crippen molar-refractivity contribution in [2.75, 3.05) is 11.4 Å². The zero-order valence-electron chi connectivity index (χ0n) is 13.9. The van der Waals surface area contributed by atoms with Crippen molar-refractivity contribution >= 4 is 40.5 Å². The number of nitro groups is 1. The van der Waals surface area contributed by atoms with Crippen molar-refractivity contribution in [3.05, 3.63) is 67.7 Å². The number of hydrogen-bond acceptors (Lipinski definition) is 3. The molecule has 0 N–H and O–H groups in total. The molecule has 1 fully saturated rings. The van der Waals surface area contributed by atoms with Gasteiger partial charge in [-0.1, -0.05) is 29.3 Å². The second-order valence-corrected chi connectivity index (χ2v) is 7.18. The van der Waals surface area contributed by atoms with E-state index in [1.807, 2.05) is 0 Å². The standard InChI is InChI=1S/C18H14Cl2F2N2O3/c19-14-7-13(24(26)27)8-15(20)18(14)23-9-10(1-4-17(23)25)5-11-2-3-12(21)6-16(11)22/h2-3,6-8,10H,1,4-5,9H2/t10-/m1/s1. The Morgan fingerprint density at radius 2 is 1.85 bits per heavy atom. The van der Waals surface area contributed by atoms with Gasteiger partial charge in [-0.15, -0.1) is 0 Å². The first-order chi connectivity index (χ1) is 12.8. The van der Waals surface area contributed by atoms with E-state index in [-0.39, 0.29) is 46.2 Å². The number of non-ortho nitro benzene ring substituents is 1. The Bertz CT molecular complexity index is 900. The number of nitro benzene ring substituents is 1. The highest BCUT2D eigenvalue weighted by atomic mass is 35.5. The molecule has 0 radical (unpaired) electrons. The summed E-state index contributed by atoms with van der Waals surface area (Å²) in [7, 11) is 0. The van der Waals surface area contributed by atoms with Gasteiger partial charge >= 0.3 is 0 Å². The molecule has 0 aromatic heterocycles. The number of carbonyl (C=O) groups excluding carboxylic acids is 1. The molecule has 1 aliphatic rings. The smallest absolute Gasteiger partial charge is 0.272 e. The lowest BCUT2D eigenvalue weighted by molar-refractivity contribution is -0.384. The lowest BCUT2D eigenvalue weighted by Crippen LogP contribution is -2.41. The lowest BCUT2D eigenvalue weighted by atomic mass is 9.90. The highest BCUT2D eigenvalue weighted by Crippen LogP contribution is 2.40. The Balaban J connectivity index is 1.86. The molecule has 5 nitrogen and oxygen atoms in total. The van der Waals surface area contributed by atoms with E-state index in [4.69, 9.17) is 23.2 Å². The monoisotopic (exact) mass is 414 g/mol. The summed E-state index contributed by atoms with van der Waals surface area (Å²) in [6.45, 7) is 0.229. The van der Waals surface area contributed by atoms with Gasteiger partial charge in [0.25, 0.3) is 5.69 Å². The fourth-order valence-electron chi connectivity index (χ4n) is 3.21. The minimum Gasteiger partial charge on any atom is -0.309 e. The largest absolute Gasteiger partial charge is 0.309 e. The van der Waals surface area contributed by atoms with Crippen LogP contribution in [0.15, 0.2) is 30.3 Å². The number of piperidine rings is 1. The SMILES string of the molecule is O=C1CC[C@H](Cc2ccc(F)cc2F)CN1c1c(Cl)cc([N+](=O)[O-])cc1Cl. The molecular formula is C18H14Cl2F2N2O3. The summed E-state index contributed by atoms with van der Waals surface area (Å²) in [5.41, 5.74) is 0.290. The van der Waals surface area contributed by atoms with E-state index in [9.17, 15) is 23.7 Å². The van der Waals surface area contributed by atoms with Crippen LogP contribution in [0.4, 0.5) is 20.2 Å². The van der Waals surface area contributed by atoms with Crippen LogP contribution < -0.4 is 4.90 Å². The third kappa shape index (κ3) is 4.20. The molecule has 0 aliphatic carbocycles. The lowest BCUT2D eigenvalue weighted by Gasteiger charge is -2.33. The van der Waals surface area contributed by atoms with Gasteiger partial charge in [0.2, 0.25) is 5.91 Å². The second kappa shape index (κ2) is 7.78. The second-order valence-electron chi connectivity index (χ2n) is 6.36. The Kier molecular flexibility index (Phi) is 5.62. The number of anilines is 1. The summed E-state index contributed by atoms with van der Waals surface area (Å²) in [4.78, 5) is 24.0. The van der Waals surface area contributed by atoms with Crippen molar-refractivity contribution in [2.45, 2.75) is 19.3 Å². The number of benzene rings is 2. The van der Waals surface area contributed by atoms with E-state index in [0.29, 0.717) is 18.4 Å². The maximum Gasteiger partial charge on any atom is 0.272 e. The topological polar surface area (TPSA) is 63.5 Å². The van der Waals surface area contributed by atoms with Gasteiger partial charge in [-0.25, -0.2) is 8.78 Å². The van der Waals surface area contributed by atoms with Gasteiger partial charge in [0.05, 0.1) is 20.7 Å². The maximum absolute atomic E-state index is 13.9. The molecule has 0 spiro atoms. The number of halogens is 4. The molecule has 0 bridgehead atoms. The van der Waals surface area contributed by atoms with Crippen LogP contribution in [0.25, 0.3) is 0 Å². The number of nitrogens with zero attached hydrogens (tertiary/aromatic N) is 2. The Labute approximate surface area is 163 Å². The van der Waals surface area contributed by atoms with Crippen LogP contribution in [-0.2, 0) is 11.2 Å². The first-order valence-corrected chi connectivity index (χ1v) is 8.89. The van der Waals surface area contributed by atoms with E-state index in [2.05, 4.69) is 0 Å². The third-order valence-electron chi connectivity index (χ3n) is 4.51. The van der Waals surface area contributed by atoms with Gasteiger partial charge in [-0.2, -0.15) is 0 Å². The number of carbonyl (C=O) groups is 1. The number of hydrogen-bond donors (Lipinski definition) is 0. The fraction of sp³-hybridized carbons (Fsp3) is 0.278. The van der Waals surface area contributed by atoms with E-state index in [1.165, 1.54) is 17.0 Å². The van der Waals surface area contributed by atoms with Gasteiger partial charge in [0, 0.05) is 31.2 Å². The zero-order valence-corrected chi connectivity index (χ0v) is 15.4. The molecule has 0 unspecified atom stereocenters. The van der Waals surface area contributed by atoms with Crippen molar-refractivity contribution in [3.63, 3.8) is 0 Å². The number of amides is 1. The predicted molar refractivity (Wildman–Crippen MR) is 98.3 cm³/mol. The van der Waals surface area contributed by atoms with E-state index in [0.717, 1.165) is 18.2 Å². The molecule has 1 atom stereocenters. The van der Waals surface area contributed by atoms with Crippen molar-refractivity contribution < 1.29 is 18.5 Å². The molecule has 3 rings (SSSR count). The summed E-state index contributed by atoms with van der Waals surface area (Å²) >= 11 is 12.3. The summed E-state index contributed by atoms with van der Waals surface area (Å²) < 4.78 is 27.0. The third-order valence-corrected chi connectivity index (χ3v) is 5.09. The Hall–Kier alpha value is -2.25. The summed E-state index contributed by atoms with van der Waals surface area (Å²) in [6, 6.07) is 5.68. The van der Waals surface area contributed by atoms with E-state index >= 15 is 0 Å². The van der Waals surface area contributed by atoms with Crippen molar-refractivity contribution in [2.24, 2.45) is 5.92 Å². The van der Waals surface area contributed by atoms with Gasteiger partial charge in [0.15, 0.2) is 0 Å². The summed E-state index contributed by atoms with van der Waals surface area (Å²) in [5, 5.41) is 10.9. The van der Waals surface area contributed by atoms with Crippen LogP contribution in [0.1, 0.15) is 18.4 Å². The predicted octanol–water partition coefficient (Wildman–Crippen LogP) is 5.17. The van der Waals surface area contributed by atoms with E-state index < -0.39 is 16.6 Å². The molecule has 2 aromatic carbocycles. The van der Waals surface area contributed by atoms with Crippen molar-refractivity contribution in [1.82, 2.24) is 0 Å². The fourth-order valence-corrected chi connectivity index (χ4v) is 3.89. The molecule has 9 heteroatoms. The van der Waals surface area contributed by atoms with Crippen molar-refractivity contribution in [1.29, 1.82) is 0 Å². The van der Waals surface area contributed by atoms with Gasteiger partial charge in [-0.3, -0.25) is 14.9 Å². The Morgan fingerprint density at radius 3 is 2.44 bits per heavy atom. The highest BCUT2D eigenvalue weighted by Gasteiger charge is 2.31. The quantitative estimate of drug-likeness (QED) is 0.512. The molecule has 2 aromatic rings. The molecule has 1 aliphatic heterocycles. The van der Waals surface area contributed by atoms with Crippen LogP contribution in [0.2, 0.25) is 10.0 Å². The maximum atomic E-state index is 13.9. The molecule has 142 valence electrons. The Morgan fingerprint density at radius 1 is 1.19 bits per heavy atom. The van der Waals surface area contributed by atoms with Gasteiger partial charge < -0.3 is 4.90 Å². The van der Waals surface area contributed by atoms with Crippen LogP contribution in [0, 0.1) is 27.7 Å². The summed E-state index contributed by atoms with van der Waals surface area (Å²) in [6.07, 6.45) is 1.06. The number of rotatable bonds is 4. The average molecular weight is 415 g/mol. The van der Waals surface area contributed by atoms with Crippen LogP contribution in [0.5, 0.6) is 0 Å². The van der Waals surface area contributed by atoms with E-state index in [1.54, 1.807) is 0 Å². The normalized spacial score (nSPS) is 17.3. The summed E-state index contributed by atoms with van der Waals surface area (Å²) in [5.74, 6) is -1.60.